The molecule has 76 valence electrons. The molecule has 2 heterocycles. The monoisotopic (exact) mass is 194 g/mol. The van der Waals surface area contributed by atoms with E-state index in [0.29, 0.717) is 29.6 Å². The van der Waals surface area contributed by atoms with Crippen molar-refractivity contribution in [3.8, 4) is 5.75 Å². The van der Waals surface area contributed by atoms with Gasteiger partial charge in [0.1, 0.15) is 11.5 Å². The Morgan fingerprint density at radius 2 is 2.29 bits per heavy atom. The van der Waals surface area contributed by atoms with Crippen LogP contribution < -0.4 is 10.4 Å². The van der Waals surface area contributed by atoms with Crippen LogP contribution in [0.2, 0.25) is 0 Å². The maximum absolute atomic E-state index is 11.5. The second-order valence-electron chi connectivity index (χ2n) is 3.94. The summed E-state index contributed by atoms with van der Waals surface area (Å²) in [5, 5.41) is 0. The normalized spacial score (nSPS) is 20.9. The van der Waals surface area contributed by atoms with Gasteiger partial charge in [-0.1, -0.05) is 6.92 Å². The van der Waals surface area contributed by atoms with E-state index in [4.69, 9.17) is 9.15 Å². The first-order chi connectivity index (χ1) is 6.66. The SMILES string of the molecule is Cc1cc2c(c(=O)o1)CCC(C)CO2. The molecule has 1 unspecified atom stereocenters. The predicted molar refractivity (Wildman–Crippen MR) is 52.7 cm³/mol. The summed E-state index contributed by atoms with van der Waals surface area (Å²) in [5.41, 5.74) is 0.453. The molecular formula is C11H14O3. The quantitative estimate of drug-likeness (QED) is 0.633. The Hall–Kier alpha value is -1.25. The van der Waals surface area contributed by atoms with Crippen molar-refractivity contribution in [1.29, 1.82) is 0 Å². The highest BCUT2D eigenvalue weighted by atomic mass is 16.5. The lowest BCUT2D eigenvalue weighted by molar-refractivity contribution is 0.263. The molecule has 0 amide bonds. The highest BCUT2D eigenvalue weighted by molar-refractivity contribution is 5.32. The third-order valence-electron chi connectivity index (χ3n) is 2.54. The molecule has 1 atom stereocenters. The van der Waals surface area contributed by atoms with Crippen LogP contribution >= 0.6 is 0 Å². The summed E-state index contributed by atoms with van der Waals surface area (Å²) in [6, 6.07) is 1.80. The van der Waals surface area contributed by atoms with Gasteiger partial charge in [-0.15, -0.1) is 0 Å². The molecule has 0 aromatic carbocycles. The molecule has 1 aromatic heterocycles. The molecule has 0 aliphatic carbocycles. The second kappa shape index (κ2) is 3.48. The smallest absolute Gasteiger partial charge is 0.342 e. The van der Waals surface area contributed by atoms with Crippen molar-refractivity contribution in [1.82, 2.24) is 0 Å². The lowest BCUT2D eigenvalue weighted by atomic mass is 10.0. The fourth-order valence-electron chi connectivity index (χ4n) is 1.67. The lowest BCUT2D eigenvalue weighted by Crippen LogP contribution is -2.09. The number of aryl methyl sites for hydroxylation is 1. The van der Waals surface area contributed by atoms with E-state index in [1.165, 1.54) is 0 Å². The maximum atomic E-state index is 11.5. The molecule has 3 heteroatoms. The van der Waals surface area contributed by atoms with E-state index in [1.807, 2.05) is 0 Å². The van der Waals surface area contributed by atoms with Gasteiger partial charge in [0.15, 0.2) is 0 Å². The first-order valence-electron chi connectivity index (χ1n) is 4.93. The lowest BCUT2D eigenvalue weighted by Gasteiger charge is -2.07. The standard InChI is InChI=1S/C11H14O3/c1-7-3-4-9-10(13-6-7)5-8(2)14-11(9)12/h5,7H,3-4,6H2,1-2H3. The van der Waals surface area contributed by atoms with E-state index in [1.54, 1.807) is 13.0 Å². The first kappa shape index (κ1) is 9.31. The average Bonchev–Trinajstić information content (AvgIpc) is 2.28. The van der Waals surface area contributed by atoms with Crippen LogP contribution in [-0.2, 0) is 6.42 Å². The Kier molecular flexibility index (Phi) is 2.32. The van der Waals surface area contributed by atoms with Crippen molar-refractivity contribution >= 4 is 0 Å². The van der Waals surface area contributed by atoms with Crippen molar-refractivity contribution in [3.63, 3.8) is 0 Å². The van der Waals surface area contributed by atoms with Gasteiger partial charge in [-0.3, -0.25) is 0 Å². The third kappa shape index (κ3) is 1.67. The van der Waals surface area contributed by atoms with Crippen LogP contribution in [0.5, 0.6) is 5.75 Å². The molecule has 0 saturated carbocycles. The van der Waals surface area contributed by atoms with Crippen LogP contribution in [0.15, 0.2) is 15.3 Å². The average molecular weight is 194 g/mol. The van der Waals surface area contributed by atoms with Crippen molar-refractivity contribution in [2.75, 3.05) is 6.61 Å². The van der Waals surface area contributed by atoms with Crippen molar-refractivity contribution in [3.05, 3.63) is 27.8 Å². The Morgan fingerprint density at radius 1 is 1.50 bits per heavy atom. The van der Waals surface area contributed by atoms with Crippen LogP contribution in [0.1, 0.15) is 24.7 Å². The summed E-state index contributed by atoms with van der Waals surface area (Å²) in [7, 11) is 0. The van der Waals surface area contributed by atoms with Gasteiger partial charge in [0, 0.05) is 6.07 Å². The highest BCUT2D eigenvalue weighted by Gasteiger charge is 2.17. The molecule has 14 heavy (non-hydrogen) atoms. The molecule has 0 bridgehead atoms. The Labute approximate surface area is 82.7 Å². The van der Waals surface area contributed by atoms with Gasteiger partial charge >= 0.3 is 5.63 Å². The summed E-state index contributed by atoms with van der Waals surface area (Å²) < 4.78 is 10.6. The highest BCUT2D eigenvalue weighted by Crippen LogP contribution is 2.24. The fraction of sp³-hybridized carbons (Fsp3) is 0.545. The molecular weight excluding hydrogens is 180 g/mol. The molecule has 0 N–H and O–H groups in total. The van der Waals surface area contributed by atoms with Crippen molar-refractivity contribution in [2.24, 2.45) is 5.92 Å². The zero-order chi connectivity index (χ0) is 10.1. The number of rotatable bonds is 0. The number of ether oxygens (including phenoxy) is 1. The largest absolute Gasteiger partial charge is 0.493 e. The molecule has 1 aliphatic heterocycles. The Balaban J connectivity index is 2.45. The summed E-state index contributed by atoms with van der Waals surface area (Å²) in [6.45, 7) is 4.58. The predicted octanol–water partition coefficient (Wildman–Crippen LogP) is 1.91. The molecule has 0 saturated heterocycles. The van der Waals surface area contributed by atoms with E-state index in [9.17, 15) is 4.79 Å². The minimum absolute atomic E-state index is 0.242. The van der Waals surface area contributed by atoms with Gasteiger partial charge in [0.25, 0.3) is 0 Å². The van der Waals surface area contributed by atoms with E-state index in [0.717, 1.165) is 12.8 Å². The summed E-state index contributed by atoms with van der Waals surface area (Å²) in [4.78, 5) is 11.5. The summed E-state index contributed by atoms with van der Waals surface area (Å²) >= 11 is 0. The van der Waals surface area contributed by atoms with Crippen LogP contribution in [-0.4, -0.2) is 6.61 Å². The molecule has 0 radical (unpaired) electrons. The van der Waals surface area contributed by atoms with Crippen LogP contribution in [0.3, 0.4) is 0 Å². The zero-order valence-corrected chi connectivity index (χ0v) is 8.50. The Morgan fingerprint density at radius 3 is 3.07 bits per heavy atom. The second-order valence-corrected chi connectivity index (χ2v) is 3.94. The third-order valence-corrected chi connectivity index (χ3v) is 2.54. The molecule has 1 aromatic rings. The van der Waals surface area contributed by atoms with E-state index < -0.39 is 0 Å². The first-order valence-corrected chi connectivity index (χ1v) is 4.93. The van der Waals surface area contributed by atoms with Gasteiger partial charge in [0.2, 0.25) is 0 Å². The minimum Gasteiger partial charge on any atom is -0.493 e. The van der Waals surface area contributed by atoms with Crippen LogP contribution in [0.25, 0.3) is 0 Å². The van der Waals surface area contributed by atoms with E-state index >= 15 is 0 Å². The Bertz CT molecular complexity index is 392. The van der Waals surface area contributed by atoms with Gasteiger partial charge < -0.3 is 9.15 Å². The van der Waals surface area contributed by atoms with Gasteiger partial charge in [-0.05, 0) is 25.7 Å². The molecule has 3 nitrogen and oxygen atoms in total. The van der Waals surface area contributed by atoms with E-state index in [-0.39, 0.29) is 5.63 Å². The van der Waals surface area contributed by atoms with Crippen LogP contribution in [0, 0.1) is 12.8 Å². The van der Waals surface area contributed by atoms with Gasteiger partial charge in [-0.2, -0.15) is 0 Å². The summed E-state index contributed by atoms with van der Waals surface area (Å²) in [5.74, 6) is 1.83. The number of hydrogen-bond acceptors (Lipinski definition) is 3. The molecule has 1 aliphatic rings. The molecule has 2 rings (SSSR count). The molecule has 0 spiro atoms. The number of hydrogen-bond donors (Lipinski definition) is 0. The number of fused-ring (bicyclic) bond motifs is 1. The van der Waals surface area contributed by atoms with E-state index in [2.05, 4.69) is 6.92 Å². The topological polar surface area (TPSA) is 39.4 Å². The van der Waals surface area contributed by atoms with Gasteiger partial charge in [-0.25, -0.2) is 4.79 Å². The van der Waals surface area contributed by atoms with Crippen LogP contribution in [0.4, 0.5) is 0 Å². The van der Waals surface area contributed by atoms with Gasteiger partial charge in [0.05, 0.1) is 12.2 Å². The fourth-order valence-corrected chi connectivity index (χ4v) is 1.67. The van der Waals surface area contributed by atoms with Crippen molar-refractivity contribution < 1.29 is 9.15 Å². The maximum Gasteiger partial charge on any atom is 0.342 e. The summed E-state index contributed by atoms with van der Waals surface area (Å²) in [6.07, 6.45) is 1.75. The molecule has 0 fully saturated rings. The minimum atomic E-state index is -0.242. The zero-order valence-electron chi connectivity index (χ0n) is 8.50. The van der Waals surface area contributed by atoms with Crippen molar-refractivity contribution in [2.45, 2.75) is 26.7 Å².